The smallest absolute Gasteiger partial charge is 0.177 e. The first-order valence-electron chi connectivity index (χ1n) is 2.43. The molecule has 0 radical (unpaired) electrons. The van der Waals surface area contributed by atoms with E-state index in [2.05, 4.69) is 21.9 Å². The zero-order valence-corrected chi connectivity index (χ0v) is 5.74. The highest BCUT2D eigenvalue weighted by molar-refractivity contribution is 6.30. The summed E-state index contributed by atoms with van der Waals surface area (Å²) in [5.41, 5.74) is 0.840. The summed E-state index contributed by atoms with van der Waals surface area (Å²) in [5, 5.41) is 6.84. The first-order valence-corrected chi connectivity index (χ1v) is 2.80. The maximum Gasteiger partial charge on any atom is 0.177 e. The Kier molecular flexibility index (Phi) is 1.53. The van der Waals surface area contributed by atoms with Crippen LogP contribution in [0.2, 0.25) is 5.15 Å². The monoisotopic (exact) mass is 143 g/mol. The average molecular weight is 144 g/mol. The van der Waals surface area contributed by atoms with Crippen LogP contribution in [0.25, 0.3) is 0 Å². The summed E-state index contributed by atoms with van der Waals surface area (Å²) in [6.45, 7) is 5.14. The molecule has 0 amide bonds. The molecule has 0 aromatic carbocycles. The molecule has 0 unspecified atom stereocenters. The number of rotatable bonds is 1. The van der Waals surface area contributed by atoms with Crippen LogP contribution in [0.4, 0.5) is 5.82 Å². The first kappa shape index (κ1) is 6.29. The molecule has 1 rings (SSSR count). The van der Waals surface area contributed by atoms with Gasteiger partial charge in [0.1, 0.15) is 5.15 Å². The van der Waals surface area contributed by atoms with Crippen LogP contribution in [0.1, 0.15) is 5.56 Å². The Morgan fingerprint density at radius 2 is 2.44 bits per heavy atom. The average Bonchev–Trinajstić information content (AvgIpc) is 2.15. The second-order valence-corrected chi connectivity index (χ2v) is 2.02. The van der Waals surface area contributed by atoms with Crippen LogP contribution in [-0.2, 0) is 0 Å². The molecule has 0 aliphatic heterocycles. The zero-order chi connectivity index (χ0) is 6.85. The Morgan fingerprint density at radius 3 is 2.67 bits per heavy atom. The molecular formula is C5H6ClN3. The Hall–Kier alpha value is -0.830. The second-order valence-electron chi connectivity index (χ2n) is 1.64. The predicted molar refractivity (Wildman–Crippen MR) is 37.5 cm³/mol. The van der Waals surface area contributed by atoms with Crippen LogP contribution in [0.3, 0.4) is 0 Å². The fourth-order valence-corrected chi connectivity index (χ4v) is 0.649. The number of aliphatic imine (C=N–C) groups is 1. The zero-order valence-electron chi connectivity index (χ0n) is 4.98. The number of nitrogens with one attached hydrogen (secondary N) is 1. The predicted octanol–water partition coefficient (Wildman–Crippen LogP) is 1.70. The summed E-state index contributed by atoms with van der Waals surface area (Å²) < 4.78 is 0. The van der Waals surface area contributed by atoms with Gasteiger partial charge in [-0.25, -0.2) is 4.99 Å². The van der Waals surface area contributed by atoms with Gasteiger partial charge < -0.3 is 0 Å². The van der Waals surface area contributed by atoms with Crippen LogP contribution >= 0.6 is 11.6 Å². The van der Waals surface area contributed by atoms with E-state index in [-0.39, 0.29) is 0 Å². The number of hydrogen-bond acceptors (Lipinski definition) is 2. The van der Waals surface area contributed by atoms with Gasteiger partial charge in [0.25, 0.3) is 0 Å². The second kappa shape index (κ2) is 2.19. The van der Waals surface area contributed by atoms with Gasteiger partial charge in [-0.2, -0.15) is 5.10 Å². The van der Waals surface area contributed by atoms with Crippen molar-refractivity contribution in [3.63, 3.8) is 0 Å². The van der Waals surface area contributed by atoms with Crippen molar-refractivity contribution in [2.24, 2.45) is 4.99 Å². The summed E-state index contributed by atoms with van der Waals surface area (Å²) in [7, 11) is 0. The lowest BCUT2D eigenvalue weighted by atomic mass is 10.4. The molecule has 0 fully saturated rings. The van der Waals surface area contributed by atoms with E-state index in [4.69, 9.17) is 11.6 Å². The van der Waals surface area contributed by atoms with Gasteiger partial charge in [-0.3, -0.25) is 5.10 Å². The van der Waals surface area contributed by atoms with Crippen LogP contribution in [0.5, 0.6) is 0 Å². The van der Waals surface area contributed by atoms with Gasteiger partial charge in [-0.1, -0.05) is 11.6 Å². The number of aromatic amines is 1. The molecule has 48 valence electrons. The summed E-state index contributed by atoms with van der Waals surface area (Å²) in [4.78, 5) is 3.61. The third-order valence-corrected chi connectivity index (χ3v) is 1.44. The molecule has 0 bridgehead atoms. The van der Waals surface area contributed by atoms with E-state index in [1.165, 1.54) is 0 Å². The Bertz CT molecular complexity index is 228. The van der Waals surface area contributed by atoms with Crippen molar-refractivity contribution < 1.29 is 0 Å². The van der Waals surface area contributed by atoms with Crippen LogP contribution in [-0.4, -0.2) is 16.9 Å². The molecule has 0 aliphatic carbocycles. The maximum atomic E-state index is 5.60. The lowest BCUT2D eigenvalue weighted by Gasteiger charge is -1.82. The molecule has 0 atom stereocenters. The third-order valence-electron chi connectivity index (χ3n) is 1.07. The summed E-state index contributed by atoms with van der Waals surface area (Å²) in [5.74, 6) is 0.569. The Balaban J connectivity index is 3.18. The maximum absolute atomic E-state index is 5.60. The van der Waals surface area contributed by atoms with Gasteiger partial charge in [0.2, 0.25) is 0 Å². The summed E-state index contributed by atoms with van der Waals surface area (Å²) >= 11 is 5.60. The molecular weight excluding hydrogens is 138 g/mol. The van der Waals surface area contributed by atoms with Gasteiger partial charge >= 0.3 is 0 Å². The number of H-pyrrole nitrogens is 1. The standard InChI is InChI=1S/C5H6ClN3/c1-3-4(6)8-9-5(3)7-2/h2H2,1H3,(H,8,9). The molecule has 1 aromatic heterocycles. The largest absolute Gasteiger partial charge is 0.265 e. The van der Waals surface area contributed by atoms with Crippen molar-refractivity contribution >= 4 is 24.1 Å². The van der Waals surface area contributed by atoms with Crippen LogP contribution in [0, 0.1) is 6.92 Å². The van der Waals surface area contributed by atoms with Crippen molar-refractivity contribution in [1.29, 1.82) is 0 Å². The molecule has 9 heavy (non-hydrogen) atoms. The van der Waals surface area contributed by atoms with Crippen LogP contribution < -0.4 is 0 Å². The van der Waals surface area contributed by atoms with Crippen molar-refractivity contribution in [2.45, 2.75) is 6.92 Å². The molecule has 3 nitrogen and oxygen atoms in total. The molecule has 1 heterocycles. The van der Waals surface area contributed by atoms with Gasteiger partial charge in [0.05, 0.1) is 0 Å². The minimum Gasteiger partial charge on any atom is -0.265 e. The molecule has 1 N–H and O–H groups in total. The molecule has 1 aromatic rings. The van der Waals surface area contributed by atoms with Gasteiger partial charge in [-0.15, -0.1) is 0 Å². The number of hydrogen-bond donors (Lipinski definition) is 1. The van der Waals surface area contributed by atoms with E-state index in [1.54, 1.807) is 0 Å². The van der Waals surface area contributed by atoms with Gasteiger partial charge in [-0.05, 0) is 13.6 Å². The SMILES string of the molecule is C=Nc1n[nH]c(Cl)c1C. The quantitative estimate of drug-likeness (QED) is 0.598. The van der Waals surface area contributed by atoms with Crippen molar-refractivity contribution in [2.75, 3.05) is 0 Å². The lowest BCUT2D eigenvalue weighted by Crippen LogP contribution is -1.64. The normalized spacial score (nSPS) is 9.56. The lowest BCUT2D eigenvalue weighted by molar-refractivity contribution is 1.08. The van der Waals surface area contributed by atoms with E-state index in [1.807, 2.05) is 6.92 Å². The van der Waals surface area contributed by atoms with Crippen molar-refractivity contribution in [3.05, 3.63) is 10.7 Å². The van der Waals surface area contributed by atoms with E-state index in [0.29, 0.717) is 11.0 Å². The fourth-order valence-electron chi connectivity index (χ4n) is 0.522. The van der Waals surface area contributed by atoms with Crippen molar-refractivity contribution in [3.8, 4) is 0 Å². The topological polar surface area (TPSA) is 41.0 Å². The Morgan fingerprint density at radius 1 is 1.78 bits per heavy atom. The highest BCUT2D eigenvalue weighted by Crippen LogP contribution is 2.20. The molecule has 0 aliphatic rings. The van der Waals surface area contributed by atoms with E-state index in [9.17, 15) is 0 Å². The molecule has 0 saturated heterocycles. The third kappa shape index (κ3) is 0.954. The van der Waals surface area contributed by atoms with Gasteiger partial charge in [0, 0.05) is 5.56 Å². The minimum atomic E-state index is 0.525. The van der Waals surface area contributed by atoms with Crippen molar-refractivity contribution in [1.82, 2.24) is 10.2 Å². The molecule has 4 heteroatoms. The molecule has 0 saturated carbocycles. The number of nitrogens with zero attached hydrogens (tertiary/aromatic N) is 2. The molecule has 0 spiro atoms. The fraction of sp³-hybridized carbons (Fsp3) is 0.200. The van der Waals surface area contributed by atoms with E-state index < -0.39 is 0 Å². The highest BCUT2D eigenvalue weighted by atomic mass is 35.5. The highest BCUT2D eigenvalue weighted by Gasteiger charge is 2.02. The van der Waals surface area contributed by atoms with Gasteiger partial charge in [0.15, 0.2) is 5.82 Å². The number of halogens is 1. The van der Waals surface area contributed by atoms with Crippen LogP contribution in [0.15, 0.2) is 4.99 Å². The minimum absolute atomic E-state index is 0.525. The first-order chi connectivity index (χ1) is 4.25. The summed E-state index contributed by atoms with van der Waals surface area (Å²) in [6, 6.07) is 0. The Labute approximate surface area is 57.8 Å². The van der Waals surface area contributed by atoms with E-state index >= 15 is 0 Å². The van der Waals surface area contributed by atoms with E-state index in [0.717, 1.165) is 5.56 Å². The summed E-state index contributed by atoms with van der Waals surface area (Å²) in [6.07, 6.45) is 0. The number of aromatic nitrogens is 2.